The molecule has 0 atom stereocenters. The quantitative estimate of drug-likeness (QED) is 0.271. The van der Waals surface area contributed by atoms with E-state index in [1.54, 1.807) is 12.1 Å². The number of ketones is 1. The van der Waals surface area contributed by atoms with Gasteiger partial charge in [0.2, 0.25) is 5.91 Å². The molecule has 0 saturated carbocycles. The third-order valence-corrected chi connectivity index (χ3v) is 9.67. The van der Waals surface area contributed by atoms with Gasteiger partial charge in [-0.1, -0.05) is 54.6 Å². The molecule has 0 bridgehead atoms. The Morgan fingerprint density at radius 2 is 1.39 bits per heavy atom. The van der Waals surface area contributed by atoms with E-state index in [1.165, 1.54) is 12.1 Å². The lowest BCUT2D eigenvalue weighted by Gasteiger charge is -2.39. The maximum atomic E-state index is 13.2. The molecule has 1 spiro atoms. The molecular formula is C36H38F3N3O4. The summed E-state index contributed by atoms with van der Waals surface area (Å²) in [6, 6.07) is 22.8. The fourth-order valence-electron chi connectivity index (χ4n) is 7.04. The number of ether oxygens (including phenoxy) is 1. The predicted octanol–water partition coefficient (Wildman–Crippen LogP) is 6.34. The molecule has 3 aromatic rings. The fourth-order valence-corrected chi connectivity index (χ4v) is 7.04. The summed E-state index contributed by atoms with van der Waals surface area (Å²) in [4.78, 5) is 45.0. The second-order valence-corrected chi connectivity index (χ2v) is 12.9. The van der Waals surface area contributed by atoms with Gasteiger partial charge in [-0.3, -0.25) is 19.3 Å². The maximum absolute atomic E-state index is 13.2. The Kier molecular flexibility index (Phi) is 9.18. The number of hydrogen-bond donors (Lipinski definition) is 0. The number of Topliss-reactive ketones (excluding diaryl/α,β-unsaturated/α-hetero) is 1. The number of likely N-dealkylation sites (tertiary alicyclic amines) is 3. The molecule has 3 heterocycles. The van der Waals surface area contributed by atoms with Gasteiger partial charge in [0.1, 0.15) is 5.75 Å². The molecule has 2 amide bonds. The number of halogens is 3. The number of carbonyl (C=O) groups excluding carboxylic acids is 3. The smallest absolute Gasteiger partial charge is 0.406 e. The van der Waals surface area contributed by atoms with Gasteiger partial charge in [0.25, 0.3) is 5.91 Å². The highest BCUT2D eigenvalue weighted by Crippen LogP contribution is 2.42. The second kappa shape index (κ2) is 13.3. The first-order chi connectivity index (χ1) is 22.1. The molecular weight excluding hydrogens is 595 g/mol. The number of alkyl halides is 3. The van der Waals surface area contributed by atoms with Crippen LogP contribution >= 0.6 is 0 Å². The van der Waals surface area contributed by atoms with E-state index in [2.05, 4.69) is 9.64 Å². The Morgan fingerprint density at radius 3 is 2.02 bits per heavy atom. The monoisotopic (exact) mass is 633 g/mol. The summed E-state index contributed by atoms with van der Waals surface area (Å²) in [5, 5.41) is 0. The van der Waals surface area contributed by atoms with E-state index in [0.29, 0.717) is 57.5 Å². The van der Waals surface area contributed by atoms with Gasteiger partial charge in [-0.15, -0.1) is 13.2 Å². The highest BCUT2D eigenvalue weighted by molar-refractivity contribution is 5.98. The molecule has 0 aliphatic carbocycles. The number of hydrogen-bond acceptors (Lipinski definition) is 5. The summed E-state index contributed by atoms with van der Waals surface area (Å²) in [6.45, 7) is 4.56. The molecule has 3 aliphatic heterocycles. The summed E-state index contributed by atoms with van der Waals surface area (Å²) in [6.07, 6.45) is -1.12. The van der Waals surface area contributed by atoms with Crippen LogP contribution in [0, 0.1) is 11.3 Å². The molecule has 46 heavy (non-hydrogen) atoms. The van der Waals surface area contributed by atoms with Crippen molar-refractivity contribution in [2.75, 3.05) is 32.7 Å². The number of piperidine rings is 2. The van der Waals surface area contributed by atoms with E-state index in [-0.39, 0.29) is 34.7 Å². The van der Waals surface area contributed by atoms with Crippen LogP contribution in [0.25, 0.3) is 0 Å². The van der Waals surface area contributed by atoms with Crippen molar-refractivity contribution in [2.24, 2.45) is 11.3 Å². The number of nitrogens with zero attached hydrogens (tertiary/aromatic N) is 3. The zero-order valence-corrected chi connectivity index (χ0v) is 25.7. The minimum Gasteiger partial charge on any atom is -0.406 e. The van der Waals surface area contributed by atoms with E-state index in [9.17, 15) is 27.6 Å². The van der Waals surface area contributed by atoms with Gasteiger partial charge in [-0.2, -0.15) is 0 Å². The van der Waals surface area contributed by atoms with Gasteiger partial charge in [0, 0.05) is 56.2 Å². The second-order valence-electron chi connectivity index (χ2n) is 12.9. The normalized spacial score (nSPS) is 19.1. The number of rotatable bonds is 8. The largest absolute Gasteiger partial charge is 0.573 e. The molecule has 3 fully saturated rings. The lowest BCUT2D eigenvalue weighted by molar-refractivity contribution is -0.274. The number of amides is 2. The zero-order chi connectivity index (χ0) is 32.3. The van der Waals surface area contributed by atoms with Crippen LogP contribution in [0.5, 0.6) is 5.75 Å². The molecule has 0 aromatic heterocycles. The van der Waals surface area contributed by atoms with Crippen LogP contribution in [0.4, 0.5) is 13.2 Å². The van der Waals surface area contributed by atoms with Crippen molar-refractivity contribution in [2.45, 2.75) is 51.6 Å². The Balaban J connectivity index is 0.962. The van der Waals surface area contributed by atoms with E-state index in [0.717, 1.165) is 42.6 Å². The molecule has 10 heteroatoms. The lowest BCUT2D eigenvalue weighted by Crippen LogP contribution is -2.41. The van der Waals surface area contributed by atoms with Crippen molar-refractivity contribution in [3.05, 3.63) is 101 Å². The minimum absolute atomic E-state index is 0.0364. The maximum Gasteiger partial charge on any atom is 0.573 e. The van der Waals surface area contributed by atoms with Crippen molar-refractivity contribution < 1.29 is 32.3 Å². The molecule has 3 aliphatic rings. The predicted molar refractivity (Wildman–Crippen MR) is 166 cm³/mol. The molecule has 7 nitrogen and oxygen atoms in total. The first kappa shape index (κ1) is 31.8. The van der Waals surface area contributed by atoms with Gasteiger partial charge >= 0.3 is 6.36 Å². The topological polar surface area (TPSA) is 70.2 Å². The summed E-state index contributed by atoms with van der Waals surface area (Å²) in [5.74, 6) is -0.0430. The van der Waals surface area contributed by atoms with Crippen molar-refractivity contribution in [3.63, 3.8) is 0 Å². The zero-order valence-electron chi connectivity index (χ0n) is 25.7. The highest BCUT2D eigenvalue weighted by Gasteiger charge is 2.44. The summed E-state index contributed by atoms with van der Waals surface area (Å²) in [5.41, 5.74) is 3.16. The van der Waals surface area contributed by atoms with Gasteiger partial charge in [-0.05, 0) is 79.6 Å². The van der Waals surface area contributed by atoms with E-state index < -0.39 is 6.36 Å². The lowest BCUT2D eigenvalue weighted by atomic mass is 9.77. The first-order valence-electron chi connectivity index (χ1n) is 15.9. The van der Waals surface area contributed by atoms with E-state index in [4.69, 9.17) is 0 Å². The molecule has 3 saturated heterocycles. The van der Waals surface area contributed by atoms with Crippen LogP contribution in [0.15, 0.2) is 78.9 Å². The standard InChI is InChI=1S/C36H38F3N3O4/c37-36(38,39)46-31-12-8-26(9-13-31)23-40-20-16-35(17-21-40)22-32(43)42(25-35)24-27-6-10-30(11-7-27)34(45)41-18-14-29(15-19-41)33(44)28-4-2-1-3-5-28/h1-13,29H,14-25H2. The molecule has 6 rings (SSSR count). The number of benzene rings is 3. The Bertz CT molecular complexity index is 1530. The highest BCUT2D eigenvalue weighted by atomic mass is 19.4. The van der Waals surface area contributed by atoms with Crippen molar-refractivity contribution in [1.29, 1.82) is 0 Å². The van der Waals surface area contributed by atoms with Crippen LogP contribution in [0.1, 0.15) is 63.9 Å². The molecule has 0 radical (unpaired) electrons. The Hall–Kier alpha value is -4.18. The molecule has 3 aromatic carbocycles. The van der Waals surface area contributed by atoms with Crippen LogP contribution in [0.3, 0.4) is 0 Å². The number of carbonyl (C=O) groups is 3. The first-order valence-corrected chi connectivity index (χ1v) is 15.9. The molecule has 0 N–H and O–H groups in total. The average Bonchev–Trinajstić information content (AvgIpc) is 3.36. The van der Waals surface area contributed by atoms with Gasteiger partial charge < -0.3 is 14.5 Å². The van der Waals surface area contributed by atoms with E-state index >= 15 is 0 Å². The van der Waals surface area contributed by atoms with Gasteiger partial charge in [0.15, 0.2) is 5.78 Å². The van der Waals surface area contributed by atoms with Crippen molar-refractivity contribution in [1.82, 2.24) is 14.7 Å². The van der Waals surface area contributed by atoms with Gasteiger partial charge in [-0.25, -0.2) is 0 Å². The summed E-state index contributed by atoms with van der Waals surface area (Å²) in [7, 11) is 0. The summed E-state index contributed by atoms with van der Waals surface area (Å²) >= 11 is 0. The molecule has 242 valence electrons. The SMILES string of the molecule is O=C(c1ccccc1)C1CCN(C(=O)c2ccc(CN3CC4(CCN(Cc5ccc(OC(F)(F)F)cc5)CC4)CC3=O)cc2)CC1. The third kappa shape index (κ3) is 7.61. The average molecular weight is 634 g/mol. The fraction of sp³-hybridized carbons (Fsp3) is 0.417. The minimum atomic E-state index is -4.71. The van der Waals surface area contributed by atoms with E-state index in [1.807, 2.05) is 64.4 Å². The third-order valence-electron chi connectivity index (χ3n) is 9.67. The van der Waals surface area contributed by atoms with Crippen LogP contribution < -0.4 is 4.74 Å². The van der Waals surface area contributed by atoms with Crippen LogP contribution in [-0.2, 0) is 17.9 Å². The summed E-state index contributed by atoms with van der Waals surface area (Å²) < 4.78 is 41.3. The van der Waals surface area contributed by atoms with Crippen molar-refractivity contribution in [3.8, 4) is 5.75 Å². The Morgan fingerprint density at radius 1 is 0.783 bits per heavy atom. The van der Waals surface area contributed by atoms with Crippen molar-refractivity contribution >= 4 is 17.6 Å². The molecule has 0 unspecified atom stereocenters. The van der Waals surface area contributed by atoms with Crippen LogP contribution in [-0.4, -0.2) is 71.4 Å². The Labute approximate surface area is 266 Å². The van der Waals surface area contributed by atoms with Gasteiger partial charge in [0.05, 0.1) is 0 Å². The van der Waals surface area contributed by atoms with Crippen LogP contribution in [0.2, 0.25) is 0 Å².